The first-order valence-corrected chi connectivity index (χ1v) is 9.84. The van der Waals surface area contributed by atoms with Crippen molar-refractivity contribution in [2.24, 2.45) is 5.10 Å². The van der Waals surface area contributed by atoms with Gasteiger partial charge in [0.15, 0.2) is 11.5 Å². The highest BCUT2D eigenvalue weighted by molar-refractivity contribution is 6.31. The fourth-order valence-electron chi connectivity index (χ4n) is 3.33. The van der Waals surface area contributed by atoms with Gasteiger partial charge in [-0.05, 0) is 48.5 Å². The molecule has 0 saturated carbocycles. The second kappa shape index (κ2) is 7.70. The van der Waals surface area contributed by atoms with Gasteiger partial charge in [-0.15, -0.1) is 0 Å². The van der Waals surface area contributed by atoms with E-state index in [1.807, 2.05) is 24.3 Å². The van der Waals surface area contributed by atoms with E-state index in [4.69, 9.17) is 20.8 Å². The number of aromatic nitrogens is 2. The minimum Gasteiger partial charge on any atom is -0.504 e. The summed E-state index contributed by atoms with van der Waals surface area (Å²) >= 11 is 6.21. The fourth-order valence-corrected chi connectivity index (χ4v) is 3.50. The van der Waals surface area contributed by atoms with Gasteiger partial charge in [-0.1, -0.05) is 23.7 Å². The number of nitrogens with zero attached hydrogens (tertiary/aromatic N) is 2. The number of imidazole rings is 1. The molecule has 0 unspecified atom stereocenters. The molecule has 2 aromatic heterocycles. The number of ether oxygens (including phenoxy) is 1. The summed E-state index contributed by atoms with van der Waals surface area (Å²) < 4.78 is 11.3. The Morgan fingerprint density at radius 2 is 1.97 bits per heavy atom. The Labute approximate surface area is 181 Å². The number of aromatic amines is 1. The van der Waals surface area contributed by atoms with Crippen LogP contribution in [-0.4, -0.2) is 22.2 Å². The lowest BCUT2D eigenvalue weighted by atomic mass is 10.1. The number of fused-ring (bicyclic) bond motifs is 2. The largest absolute Gasteiger partial charge is 0.504 e. The molecular formula is C23H17ClN4O3. The fraction of sp³-hybridized carbons (Fsp3) is 0.0435. The Hall–Kier alpha value is -3.97. The average molecular weight is 433 g/mol. The Kier molecular flexibility index (Phi) is 4.72. The molecule has 0 aliphatic heterocycles. The normalized spacial score (nSPS) is 11.9. The minimum atomic E-state index is 0.0512. The highest BCUT2D eigenvalue weighted by Gasteiger charge is 2.10. The van der Waals surface area contributed by atoms with Crippen molar-refractivity contribution in [2.75, 3.05) is 12.5 Å². The molecule has 5 rings (SSSR count). The molecule has 0 aliphatic rings. The number of aromatic hydroxyl groups is 1. The Bertz CT molecular complexity index is 1460. The highest BCUT2D eigenvalue weighted by atomic mass is 35.5. The van der Waals surface area contributed by atoms with Crippen LogP contribution in [0.3, 0.4) is 0 Å². The van der Waals surface area contributed by atoms with Gasteiger partial charge in [0.25, 0.3) is 0 Å². The van der Waals surface area contributed by atoms with Crippen LogP contribution < -0.4 is 15.5 Å². The summed E-state index contributed by atoms with van der Waals surface area (Å²) in [6, 6.07) is 19.9. The van der Waals surface area contributed by atoms with Gasteiger partial charge in [0.05, 0.1) is 23.5 Å². The SMILES string of the molecule is COc1cc(-c2cc(=NNc3nc4ccccc4[nH]3)c3cc(Cl)ccc3o2)ccc1O. The van der Waals surface area contributed by atoms with E-state index >= 15 is 0 Å². The van der Waals surface area contributed by atoms with Crippen molar-refractivity contribution >= 4 is 39.6 Å². The quantitative estimate of drug-likeness (QED) is 0.336. The number of phenolic OH excluding ortho intramolecular Hbond substituents is 1. The molecule has 0 saturated heterocycles. The summed E-state index contributed by atoms with van der Waals surface area (Å²) in [6.07, 6.45) is 0. The third-order valence-corrected chi connectivity index (χ3v) is 5.08. The van der Waals surface area contributed by atoms with Crippen molar-refractivity contribution < 1.29 is 14.3 Å². The lowest BCUT2D eigenvalue weighted by Crippen LogP contribution is -2.08. The number of para-hydroxylation sites is 2. The van der Waals surface area contributed by atoms with Crippen LogP contribution in [0.4, 0.5) is 5.95 Å². The third kappa shape index (κ3) is 3.67. The van der Waals surface area contributed by atoms with E-state index in [0.29, 0.717) is 33.4 Å². The van der Waals surface area contributed by atoms with E-state index < -0.39 is 0 Å². The molecule has 0 spiro atoms. The average Bonchev–Trinajstić information content (AvgIpc) is 3.21. The Morgan fingerprint density at radius 1 is 1.10 bits per heavy atom. The molecule has 154 valence electrons. The Balaban J connectivity index is 1.64. The number of nitrogens with one attached hydrogen (secondary N) is 2. The molecule has 2 heterocycles. The molecule has 3 N–H and O–H groups in total. The zero-order valence-electron chi connectivity index (χ0n) is 16.4. The van der Waals surface area contributed by atoms with Gasteiger partial charge in [0.2, 0.25) is 5.95 Å². The first-order valence-electron chi connectivity index (χ1n) is 9.46. The maximum Gasteiger partial charge on any atom is 0.222 e. The van der Waals surface area contributed by atoms with Gasteiger partial charge in [-0.3, -0.25) is 0 Å². The van der Waals surface area contributed by atoms with Crippen LogP contribution in [0.5, 0.6) is 11.5 Å². The molecule has 0 atom stereocenters. The van der Waals surface area contributed by atoms with Crippen molar-refractivity contribution in [2.45, 2.75) is 0 Å². The van der Waals surface area contributed by atoms with Crippen molar-refractivity contribution in [1.82, 2.24) is 9.97 Å². The summed E-state index contributed by atoms with van der Waals surface area (Å²) in [5.41, 5.74) is 6.07. The second-order valence-electron chi connectivity index (χ2n) is 6.85. The predicted molar refractivity (Wildman–Crippen MR) is 120 cm³/mol. The molecule has 0 radical (unpaired) electrons. The van der Waals surface area contributed by atoms with Crippen molar-refractivity contribution in [3.8, 4) is 22.8 Å². The molecule has 0 fully saturated rings. The van der Waals surface area contributed by atoms with Gasteiger partial charge in [0, 0.05) is 22.0 Å². The molecule has 0 bridgehead atoms. The third-order valence-electron chi connectivity index (χ3n) is 4.84. The van der Waals surface area contributed by atoms with Crippen LogP contribution in [0.2, 0.25) is 5.02 Å². The zero-order chi connectivity index (χ0) is 21.4. The second-order valence-corrected chi connectivity index (χ2v) is 7.29. The summed E-state index contributed by atoms with van der Waals surface area (Å²) in [6.45, 7) is 0. The van der Waals surface area contributed by atoms with E-state index in [1.54, 1.807) is 42.5 Å². The van der Waals surface area contributed by atoms with E-state index in [2.05, 4.69) is 20.5 Å². The lowest BCUT2D eigenvalue weighted by Gasteiger charge is -2.08. The predicted octanol–water partition coefficient (Wildman–Crippen LogP) is 5.27. The first kappa shape index (κ1) is 19.0. The number of anilines is 1. The summed E-state index contributed by atoms with van der Waals surface area (Å²) in [4.78, 5) is 7.67. The topological polar surface area (TPSA) is 95.7 Å². The number of halogens is 1. The molecular weight excluding hydrogens is 416 g/mol. The van der Waals surface area contributed by atoms with Gasteiger partial charge >= 0.3 is 0 Å². The number of benzene rings is 3. The highest BCUT2D eigenvalue weighted by Crippen LogP contribution is 2.32. The maximum absolute atomic E-state index is 9.90. The van der Waals surface area contributed by atoms with Gasteiger partial charge in [0.1, 0.15) is 11.3 Å². The van der Waals surface area contributed by atoms with E-state index in [1.165, 1.54) is 7.11 Å². The first-order chi connectivity index (χ1) is 15.1. The number of hydrogen-bond donors (Lipinski definition) is 3. The summed E-state index contributed by atoms with van der Waals surface area (Å²) in [5, 5.41) is 16.4. The minimum absolute atomic E-state index is 0.0512. The summed E-state index contributed by atoms with van der Waals surface area (Å²) in [5.74, 6) is 1.47. The number of hydrogen-bond acceptors (Lipinski definition) is 6. The van der Waals surface area contributed by atoms with E-state index in [-0.39, 0.29) is 5.75 Å². The molecule has 7 nitrogen and oxygen atoms in total. The molecule has 8 heteroatoms. The van der Waals surface area contributed by atoms with Crippen LogP contribution in [-0.2, 0) is 0 Å². The van der Waals surface area contributed by atoms with Crippen LogP contribution in [0, 0.1) is 0 Å². The molecule has 5 aromatic rings. The number of H-pyrrole nitrogens is 1. The number of phenols is 1. The zero-order valence-corrected chi connectivity index (χ0v) is 17.1. The van der Waals surface area contributed by atoms with Crippen LogP contribution >= 0.6 is 11.6 Å². The summed E-state index contributed by atoms with van der Waals surface area (Å²) in [7, 11) is 1.50. The molecule has 0 amide bonds. The number of methoxy groups -OCH3 is 1. The molecule has 0 aliphatic carbocycles. The van der Waals surface area contributed by atoms with Gasteiger partial charge in [-0.25, -0.2) is 10.4 Å². The Morgan fingerprint density at radius 3 is 2.81 bits per heavy atom. The van der Waals surface area contributed by atoms with Gasteiger partial charge < -0.3 is 19.2 Å². The molecule has 31 heavy (non-hydrogen) atoms. The van der Waals surface area contributed by atoms with Crippen molar-refractivity contribution in [3.05, 3.63) is 77.1 Å². The van der Waals surface area contributed by atoms with Gasteiger partial charge in [-0.2, -0.15) is 5.10 Å². The van der Waals surface area contributed by atoms with Crippen molar-refractivity contribution in [1.29, 1.82) is 0 Å². The van der Waals surface area contributed by atoms with Crippen LogP contribution in [0.1, 0.15) is 0 Å². The van der Waals surface area contributed by atoms with Crippen LogP contribution in [0.15, 0.2) is 76.2 Å². The monoisotopic (exact) mass is 432 g/mol. The van der Waals surface area contributed by atoms with Crippen molar-refractivity contribution in [3.63, 3.8) is 0 Å². The smallest absolute Gasteiger partial charge is 0.222 e. The van der Waals surface area contributed by atoms with Crippen LogP contribution in [0.25, 0.3) is 33.3 Å². The molecule has 3 aromatic carbocycles. The maximum atomic E-state index is 9.90. The van der Waals surface area contributed by atoms with E-state index in [9.17, 15) is 5.11 Å². The number of rotatable bonds is 4. The lowest BCUT2D eigenvalue weighted by molar-refractivity contribution is 0.373. The van der Waals surface area contributed by atoms with E-state index in [0.717, 1.165) is 22.0 Å². The standard InChI is InChI=1S/C23H17ClN4O3/c1-30-22-10-13(6-8-19(22)29)21-12-18(15-11-14(24)7-9-20(15)31-21)27-28-23-25-16-4-2-3-5-17(16)26-23/h2-12,29H,1H3,(H2,25,26,28).